The summed E-state index contributed by atoms with van der Waals surface area (Å²) in [7, 11) is 1.60. The molecule has 7 heteroatoms. The van der Waals surface area contributed by atoms with Gasteiger partial charge in [-0.15, -0.1) is 0 Å². The van der Waals surface area contributed by atoms with Crippen LogP contribution in [0.5, 0.6) is 5.75 Å². The van der Waals surface area contributed by atoms with E-state index in [4.69, 9.17) is 14.6 Å². The lowest BCUT2D eigenvalue weighted by atomic mass is 10.1. The normalized spacial score (nSPS) is 17.9. The zero-order valence-corrected chi connectivity index (χ0v) is 13.4. The van der Waals surface area contributed by atoms with Crippen LogP contribution in [-0.4, -0.2) is 59.8 Å². The predicted octanol–water partition coefficient (Wildman–Crippen LogP) is 1.42. The van der Waals surface area contributed by atoms with Crippen LogP contribution >= 0.6 is 0 Å². The summed E-state index contributed by atoms with van der Waals surface area (Å²) >= 11 is 0. The molecule has 0 radical (unpaired) electrons. The average Bonchev–Trinajstić information content (AvgIpc) is 2.97. The van der Waals surface area contributed by atoms with Gasteiger partial charge in [-0.2, -0.15) is 0 Å². The second kappa shape index (κ2) is 6.92. The largest absolute Gasteiger partial charge is 0.496 e. The lowest BCUT2D eigenvalue weighted by molar-refractivity contribution is -0.147. The van der Waals surface area contributed by atoms with Gasteiger partial charge in [-0.25, -0.2) is 0 Å². The van der Waals surface area contributed by atoms with Crippen molar-refractivity contribution in [3.05, 3.63) is 30.0 Å². The minimum Gasteiger partial charge on any atom is -0.496 e. The Bertz CT molecular complexity index is 755. The van der Waals surface area contributed by atoms with Gasteiger partial charge in [-0.1, -0.05) is 6.07 Å². The molecular formula is C17H20N2O5. The van der Waals surface area contributed by atoms with E-state index >= 15 is 0 Å². The van der Waals surface area contributed by atoms with Crippen molar-refractivity contribution in [2.24, 2.45) is 0 Å². The van der Waals surface area contributed by atoms with Crippen LogP contribution in [0.25, 0.3) is 10.9 Å². The number of carbonyl (C=O) groups excluding carboxylic acids is 1. The van der Waals surface area contributed by atoms with Gasteiger partial charge in [0.05, 0.1) is 32.7 Å². The van der Waals surface area contributed by atoms with Gasteiger partial charge in [0.25, 0.3) is 0 Å². The number of benzene rings is 1. The molecule has 3 rings (SSSR count). The molecule has 1 amide bonds. The molecule has 24 heavy (non-hydrogen) atoms. The molecule has 1 saturated heterocycles. The maximum Gasteiger partial charge on any atom is 0.306 e. The maximum absolute atomic E-state index is 12.6. The number of nitrogens with zero attached hydrogens (tertiary/aromatic N) is 1. The molecule has 1 aliphatic rings. The number of fused-ring (bicyclic) bond motifs is 1. The van der Waals surface area contributed by atoms with E-state index in [1.54, 1.807) is 12.0 Å². The second-order valence-corrected chi connectivity index (χ2v) is 5.80. The molecule has 0 spiro atoms. The van der Waals surface area contributed by atoms with Crippen LogP contribution in [0.3, 0.4) is 0 Å². The Morgan fingerprint density at radius 1 is 1.46 bits per heavy atom. The summed E-state index contributed by atoms with van der Waals surface area (Å²) in [5.41, 5.74) is 1.79. The van der Waals surface area contributed by atoms with Crippen LogP contribution < -0.4 is 4.74 Å². The highest BCUT2D eigenvalue weighted by atomic mass is 16.5. The highest BCUT2D eigenvalue weighted by Crippen LogP contribution is 2.29. The molecule has 0 saturated carbocycles. The maximum atomic E-state index is 12.6. The number of carbonyl (C=O) groups is 2. The Hall–Kier alpha value is -2.54. The average molecular weight is 332 g/mol. The zero-order valence-electron chi connectivity index (χ0n) is 13.4. The van der Waals surface area contributed by atoms with Crippen molar-refractivity contribution in [2.45, 2.75) is 18.9 Å². The number of amides is 1. The van der Waals surface area contributed by atoms with Crippen molar-refractivity contribution in [1.29, 1.82) is 0 Å². The van der Waals surface area contributed by atoms with E-state index in [0.717, 1.165) is 22.2 Å². The Morgan fingerprint density at radius 3 is 3.04 bits per heavy atom. The molecule has 2 aromatic rings. The first kappa shape index (κ1) is 16.3. The number of aliphatic carboxylic acids is 1. The van der Waals surface area contributed by atoms with E-state index < -0.39 is 12.1 Å². The third-order valence-electron chi connectivity index (χ3n) is 4.20. The quantitative estimate of drug-likeness (QED) is 0.864. The number of methoxy groups -OCH3 is 1. The third kappa shape index (κ3) is 3.35. The van der Waals surface area contributed by atoms with Crippen LogP contribution in [0.4, 0.5) is 0 Å². The van der Waals surface area contributed by atoms with Crippen LogP contribution in [-0.2, 0) is 20.7 Å². The minimum atomic E-state index is -0.921. The molecule has 1 aliphatic heterocycles. The van der Waals surface area contributed by atoms with E-state index in [0.29, 0.717) is 19.7 Å². The van der Waals surface area contributed by atoms with E-state index in [1.165, 1.54) is 0 Å². The van der Waals surface area contributed by atoms with Gasteiger partial charge >= 0.3 is 5.97 Å². The fourth-order valence-electron chi connectivity index (χ4n) is 3.07. The SMILES string of the molecule is COc1cccc2[nH]cc(CC(=O)N3CCOC(CC(=O)O)C3)c12. The van der Waals surface area contributed by atoms with Crippen LogP contribution in [0.2, 0.25) is 0 Å². The number of hydrogen-bond donors (Lipinski definition) is 2. The lowest BCUT2D eigenvalue weighted by Gasteiger charge is -2.32. The lowest BCUT2D eigenvalue weighted by Crippen LogP contribution is -2.46. The Morgan fingerprint density at radius 2 is 2.29 bits per heavy atom. The van der Waals surface area contributed by atoms with E-state index in [-0.39, 0.29) is 18.7 Å². The number of carboxylic acids is 1. The number of H-pyrrole nitrogens is 1. The molecule has 7 nitrogen and oxygen atoms in total. The fraction of sp³-hybridized carbons (Fsp3) is 0.412. The number of morpholine rings is 1. The summed E-state index contributed by atoms with van der Waals surface area (Å²) in [6.45, 7) is 1.15. The predicted molar refractivity (Wildman–Crippen MR) is 87.1 cm³/mol. The molecule has 1 aromatic carbocycles. The summed E-state index contributed by atoms with van der Waals surface area (Å²) in [6.07, 6.45) is 1.52. The summed E-state index contributed by atoms with van der Waals surface area (Å²) in [4.78, 5) is 28.2. The number of aromatic amines is 1. The van der Waals surface area contributed by atoms with Gasteiger partial charge in [0.2, 0.25) is 5.91 Å². The van der Waals surface area contributed by atoms with Crippen molar-refractivity contribution in [3.8, 4) is 5.75 Å². The van der Waals surface area contributed by atoms with Crippen LogP contribution in [0, 0.1) is 0 Å². The first-order chi connectivity index (χ1) is 11.6. The van der Waals surface area contributed by atoms with Gasteiger partial charge in [-0.3, -0.25) is 9.59 Å². The summed E-state index contributed by atoms with van der Waals surface area (Å²) in [5, 5.41) is 9.78. The molecule has 0 bridgehead atoms. The Kier molecular flexibility index (Phi) is 4.71. The number of hydrogen-bond acceptors (Lipinski definition) is 4. The first-order valence-electron chi connectivity index (χ1n) is 7.82. The highest BCUT2D eigenvalue weighted by Gasteiger charge is 2.26. The Labute approximate surface area is 139 Å². The molecule has 0 aliphatic carbocycles. The highest BCUT2D eigenvalue weighted by molar-refractivity contribution is 5.93. The molecule has 1 unspecified atom stereocenters. The summed E-state index contributed by atoms with van der Waals surface area (Å²) in [6, 6.07) is 5.69. The minimum absolute atomic E-state index is 0.0412. The third-order valence-corrected chi connectivity index (χ3v) is 4.20. The smallest absolute Gasteiger partial charge is 0.306 e. The van der Waals surface area contributed by atoms with Gasteiger partial charge in [0.1, 0.15) is 5.75 Å². The molecule has 2 heterocycles. The standard InChI is InChI=1S/C17H20N2O5/c1-23-14-4-2-3-13-17(14)11(9-18-13)7-15(20)19-5-6-24-12(10-19)8-16(21)22/h2-4,9,12,18H,5-8,10H2,1H3,(H,21,22). The van der Waals surface area contributed by atoms with Crippen molar-refractivity contribution in [1.82, 2.24) is 9.88 Å². The second-order valence-electron chi connectivity index (χ2n) is 5.80. The molecule has 1 atom stereocenters. The van der Waals surface area contributed by atoms with Gasteiger partial charge in [-0.05, 0) is 17.7 Å². The van der Waals surface area contributed by atoms with Gasteiger partial charge < -0.3 is 24.5 Å². The summed E-state index contributed by atoms with van der Waals surface area (Å²) in [5.74, 6) is -0.238. The van der Waals surface area contributed by atoms with Crippen molar-refractivity contribution < 1.29 is 24.2 Å². The van der Waals surface area contributed by atoms with E-state index in [1.807, 2.05) is 24.4 Å². The van der Waals surface area contributed by atoms with Gasteiger partial charge in [0.15, 0.2) is 0 Å². The van der Waals surface area contributed by atoms with Crippen molar-refractivity contribution >= 4 is 22.8 Å². The number of aromatic nitrogens is 1. The van der Waals surface area contributed by atoms with Crippen molar-refractivity contribution in [3.63, 3.8) is 0 Å². The Balaban J connectivity index is 1.74. The number of carboxylic acid groups (broad SMARTS) is 1. The van der Waals surface area contributed by atoms with Crippen molar-refractivity contribution in [2.75, 3.05) is 26.8 Å². The zero-order chi connectivity index (χ0) is 17.1. The molecule has 128 valence electrons. The molecule has 1 aromatic heterocycles. The number of ether oxygens (including phenoxy) is 2. The van der Waals surface area contributed by atoms with E-state index in [9.17, 15) is 9.59 Å². The fourth-order valence-corrected chi connectivity index (χ4v) is 3.07. The number of nitrogens with one attached hydrogen (secondary N) is 1. The molecule has 1 fully saturated rings. The first-order valence-corrected chi connectivity index (χ1v) is 7.82. The van der Waals surface area contributed by atoms with Gasteiger partial charge in [0, 0.05) is 30.2 Å². The molecular weight excluding hydrogens is 312 g/mol. The molecule has 2 N–H and O–H groups in total. The number of rotatable bonds is 5. The monoisotopic (exact) mass is 332 g/mol. The van der Waals surface area contributed by atoms with Crippen LogP contribution in [0.1, 0.15) is 12.0 Å². The summed E-state index contributed by atoms with van der Waals surface area (Å²) < 4.78 is 10.8. The topological polar surface area (TPSA) is 91.9 Å². The van der Waals surface area contributed by atoms with E-state index in [2.05, 4.69) is 4.98 Å². The van der Waals surface area contributed by atoms with Crippen LogP contribution in [0.15, 0.2) is 24.4 Å².